The van der Waals surface area contributed by atoms with Crippen LogP contribution in [0.5, 0.6) is 5.75 Å². The SMILES string of the molecule is COc1cccc(-c2nc([C@@H]3CCCN3)cs2)c1. The minimum absolute atomic E-state index is 0.445. The maximum absolute atomic E-state index is 5.25. The summed E-state index contributed by atoms with van der Waals surface area (Å²) >= 11 is 1.70. The van der Waals surface area contributed by atoms with Crippen LogP contribution in [-0.2, 0) is 0 Å². The van der Waals surface area contributed by atoms with E-state index in [1.807, 2.05) is 18.2 Å². The van der Waals surface area contributed by atoms with Crippen LogP contribution in [0.15, 0.2) is 29.6 Å². The number of hydrogen-bond donors (Lipinski definition) is 1. The van der Waals surface area contributed by atoms with Gasteiger partial charge in [0.15, 0.2) is 0 Å². The number of methoxy groups -OCH3 is 1. The van der Waals surface area contributed by atoms with E-state index in [-0.39, 0.29) is 0 Å². The number of nitrogens with zero attached hydrogens (tertiary/aromatic N) is 1. The van der Waals surface area contributed by atoms with Gasteiger partial charge in [0.2, 0.25) is 0 Å². The minimum atomic E-state index is 0.445. The van der Waals surface area contributed by atoms with Crippen molar-refractivity contribution in [2.75, 3.05) is 13.7 Å². The van der Waals surface area contributed by atoms with E-state index in [4.69, 9.17) is 9.72 Å². The van der Waals surface area contributed by atoms with E-state index in [2.05, 4.69) is 16.8 Å². The summed E-state index contributed by atoms with van der Waals surface area (Å²) in [6, 6.07) is 8.51. The maximum Gasteiger partial charge on any atom is 0.123 e. The second-order valence-corrected chi connectivity index (χ2v) is 5.32. The predicted octanol–water partition coefficient (Wildman–Crippen LogP) is 3.24. The zero-order chi connectivity index (χ0) is 12.4. The van der Waals surface area contributed by atoms with Crippen LogP contribution in [-0.4, -0.2) is 18.6 Å². The Kier molecular flexibility index (Phi) is 3.30. The molecular weight excluding hydrogens is 244 g/mol. The van der Waals surface area contributed by atoms with Crippen LogP contribution in [0.1, 0.15) is 24.6 Å². The largest absolute Gasteiger partial charge is 0.497 e. The molecule has 1 aromatic carbocycles. The highest BCUT2D eigenvalue weighted by Gasteiger charge is 2.19. The summed E-state index contributed by atoms with van der Waals surface area (Å²) in [4.78, 5) is 4.74. The number of ether oxygens (including phenoxy) is 1. The van der Waals surface area contributed by atoms with Crippen molar-refractivity contribution in [3.05, 3.63) is 35.3 Å². The minimum Gasteiger partial charge on any atom is -0.497 e. The van der Waals surface area contributed by atoms with E-state index in [1.54, 1.807) is 18.4 Å². The molecule has 0 saturated carbocycles. The summed E-state index contributed by atoms with van der Waals surface area (Å²) in [6.45, 7) is 1.11. The van der Waals surface area contributed by atoms with Crippen LogP contribution in [0.25, 0.3) is 10.6 Å². The first-order chi connectivity index (χ1) is 8.86. The van der Waals surface area contributed by atoms with Crippen LogP contribution in [0, 0.1) is 0 Å². The molecule has 0 bridgehead atoms. The molecule has 1 aromatic heterocycles. The van der Waals surface area contributed by atoms with Crippen molar-refractivity contribution in [3.63, 3.8) is 0 Å². The molecule has 1 fully saturated rings. The Balaban J connectivity index is 1.87. The van der Waals surface area contributed by atoms with Crippen molar-refractivity contribution >= 4 is 11.3 Å². The summed E-state index contributed by atoms with van der Waals surface area (Å²) in [5.74, 6) is 0.878. The lowest BCUT2D eigenvalue weighted by Gasteiger charge is -2.05. The van der Waals surface area contributed by atoms with Crippen molar-refractivity contribution in [2.45, 2.75) is 18.9 Å². The molecule has 1 N–H and O–H groups in total. The number of benzene rings is 1. The summed E-state index contributed by atoms with van der Waals surface area (Å²) < 4.78 is 5.25. The van der Waals surface area contributed by atoms with Gasteiger partial charge in [-0.3, -0.25) is 0 Å². The molecule has 0 amide bonds. The van der Waals surface area contributed by atoms with E-state index < -0.39 is 0 Å². The molecule has 1 aliphatic rings. The number of nitrogens with one attached hydrogen (secondary N) is 1. The Morgan fingerprint density at radius 2 is 2.39 bits per heavy atom. The molecule has 2 aromatic rings. The third-order valence-corrected chi connectivity index (χ3v) is 4.17. The van der Waals surface area contributed by atoms with E-state index in [9.17, 15) is 0 Å². The van der Waals surface area contributed by atoms with Gasteiger partial charge in [0, 0.05) is 10.9 Å². The molecule has 1 saturated heterocycles. The van der Waals surface area contributed by atoms with Gasteiger partial charge in [-0.05, 0) is 31.5 Å². The Hall–Kier alpha value is -1.39. The van der Waals surface area contributed by atoms with Crippen molar-refractivity contribution in [2.24, 2.45) is 0 Å². The Bertz CT molecular complexity index is 532. The highest BCUT2D eigenvalue weighted by Crippen LogP contribution is 2.30. The number of aromatic nitrogens is 1. The van der Waals surface area contributed by atoms with Crippen LogP contribution in [0.3, 0.4) is 0 Å². The zero-order valence-electron chi connectivity index (χ0n) is 10.3. The molecule has 18 heavy (non-hydrogen) atoms. The van der Waals surface area contributed by atoms with Gasteiger partial charge in [-0.2, -0.15) is 0 Å². The lowest BCUT2D eigenvalue weighted by molar-refractivity contribution is 0.415. The normalized spacial score (nSPS) is 19.1. The monoisotopic (exact) mass is 260 g/mol. The third-order valence-electron chi connectivity index (χ3n) is 3.26. The topological polar surface area (TPSA) is 34.1 Å². The van der Waals surface area contributed by atoms with Gasteiger partial charge in [-0.1, -0.05) is 12.1 Å². The summed E-state index contributed by atoms with van der Waals surface area (Å²) in [5.41, 5.74) is 2.30. The zero-order valence-corrected chi connectivity index (χ0v) is 11.2. The van der Waals surface area contributed by atoms with Gasteiger partial charge in [0.25, 0.3) is 0 Å². The van der Waals surface area contributed by atoms with E-state index >= 15 is 0 Å². The van der Waals surface area contributed by atoms with E-state index in [0.29, 0.717) is 6.04 Å². The van der Waals surface area contributed by atoms with Gasteiger partial charge in [-0.15, -0.1) is 11.3 Å². The van der Waals surface area contributed by atoms with E-state index in [1.165, 1.54) is 18.5 Å². The molecule has 3 nitrogen and oxygen atoms in total. The van der Waals surface area contributed by atoms with Crippen LogP contribution < -0.4 is 10.1 Å². The Morgan fingerprint density at radius 3 is 3.17 bits per heavy atom. The van der Waals surface area contributed by atoms with Gasteiger partial charge in [0.05, 0.1) is 18.8 Å². The van der Waals surface area contributed by atoms with Crippen LogP contribution >= 0.6 is 11.3 Å². The molecule has 1 atom stereocenters. The molecule has 1 aliphatic heterocycles. The lowest BCUT2D eigenvalue weighted by atomic mass is 10.2. The molecule has 4 heteroatoms. The molecule has 0 unspecified atom stereocenters. The first-order valence-corrected chi connectivity index (χ1v) is 7.08. The fraction of sp³-hybridized carbons (Fsp3) is 0.357. The average Bonchev–Trinajstić information content (AvgIpc) is 3.09. The fourth-order valence-corrected chi connectivity index (χ4v) is 3.14. The second kappa shape index (κ2) is 5.08. The summed E-state index contributed by atoms with van der Waals surface area (Å²) in [5, 5.41) is 6.71. The quantitative estimate of drug-likeness (QED) is 0.920. The molecule has 3 rings (SSSR count). The van der Waals surface area contributed by atoms with Gasteiger partial charge in [-0.25, -0.2) is 4.98 Å². The van der Waals surface area contributed by atoms with Crippen molar-refractivity contribution in [1.29, 1.82) is 0 Å². The number of rotatable bonds is 3. The maximum atomic E-state index is 5.25. The average molecular weight is 260 g/mol. The molecule has 0 spiro atoms. The first-order valence-electron chi connectivity index (χ1n) is 6.20. The summed E-state index contributed by atoms with van der Waals surface area (Å²) in [7, 11) is 1.69. The lowest BCUT2D eigenvalue weighted by Crippen LogP contribution is -2.12. The van der Waals surface area contributed by atoms with Crippen molar-refractivity contribution < 1.29 is 4.74 Å². The second-order valence-electron chi connectivity index (χ2n) is 4.46. The highest BCUT2D eigenvalue weighted by molar-refractivity contribution is 7.13. The van der Waals surface area contributed by atoms with Crippen LogP contribution in [0.2, 0.25) is 0 Å². The smallest absolute Gasteiger partial charge is 0.123 e. The molecule has 94 valence electrons. The van der Waals surface area contributed by atoms with Gasteiger partial charge < -0.3 is 10.1 Å². The molecule has 0 aliphatic carbocycles. The van der Waals surface area contributed by atoms with Gasteiger partial charge in [0.1, 0.15) is 10.8 Å². The number of thiazole rings is 1. The number of hydrogen-bond acceptors (Lipinski definition) is 4. The standard InChI is InChI=1S/C14H16N2OS/c1-17-11-5-2-4-10(8-11)14-16-13(9-18-14)12-6-3-7-15-12/h2,4-5,8-9,12,15H,3,6-7H2,1H3/t12-/m0/s1. The molecule has 0 radical (unpaired) electrons. The molecule has 2 heterocycles. The predicted molar refractivity (Wildman–Crippen MR) is 74.1 cm³/mol. The summed E-state index contributed by atoms with van der Waals surface area (Å²) in [6.07, 6.45) is 2.44. The molecular formula is C14H16N2OS. The van der Waals surface area contributed by atoms with Crippen molar-refractivity contribution in [3.8, 4) is 16.3 Å². The highest BCUT2D eigenvalue weighted by atomic mass is 32.1. The Labute approximate surface area is 111 Å². The fourth-order valence-electron chi connectivity index (χ4n) is 2.27. The van der Waals surface area contributed by atoms with Crippen LogP contribution in [0.4, 0.5) is 0 Å². The third kappa shape index (κ3) is 2.26. The Morgan fingerprint density at radius 1 is 1.44 bits per heavy atom. The van der Waals surface area contributed by atoms with E-state index in [0.717, 1.165) is 22.9 Å². The van der Waals surface area contributed by atoms with Crippen molar-refractivity contribution in [1.82, 2.24) is 10.3 Å². The first kappa shape index (κ1) is 11.7. The van der Waals surface area contributed by atoms with Gasteiger partial charge >= 0.3 is 0 Å².